The van der Waals surface area contributed by atoms with Gasteiger partial charge < -0.3 is 24.5 Å². The molecule has 2 aliphatic heterocycles. The van der Waals surface area contributed by atoms with E-state index in [1.807, 2.05) is 55.3 Å². The summed E-state index contributed by atoms with van der Waals surface area (Å²) in [6.45, 7) is 12.1. The predicted octanol–water partition coefficient (Wildman–Crippen LogP) is 8.75. The van der Waals surface area contributed by atoms with Crippen molar-refractivity contribution in [1.29, 1.82) is 0 Å². The lowest BCUT2D eigenvalue weighted by Gasteiger charge is -2.44. The number of halogens is 4. The maximum absolute atomic E-state index is 13.5. The number of nitrogens with one attached hydrogen (secondary N) is 2. The quantitative estimate of drug-likeness (QED) is 0.0891. The van der Waals surface area contributed by atoms with E-state index in [-0.39, 0.29) is 63.8 Å². The van der Waals surface area contributed by atoms with Crippen LogP contribution in [0.4, 0.5) is 8.78 Å². The van der Waals surface area contributed by atoms with Crippen molar-refractivity contribution < 1.29 is 32.7 Å². The molecule has 11 nitrogen and oxygen atoms in total. The number of benzene rings is 4. The van der Waals surface area contributed by atoms with Crippen LogP contribution in [0.2, 0.25) is 10.0 Å². The van der Waals surface area contributed by atoms with Crippen LogP contribution in [0.3, 0.4) is 0 Å². The van der Waals surface area contributed by atoms with Crippen LogP contribution in [-0.2, 0) is 22.6 Å². The summed E-state index contributed by atoms with van der Waals surface area (Å²) in [4.78, 5) is 65.1. The van der Waals surface area contributed by atoms with E-state index in [9.17, 15) is 28.0 Å². The zero-order valence-electron chi connectivity index (χ0n) is 35.1. The Morgan fingerprint density at radius 1 is 0.629 bits per heavy atom. The van der Waals surface area contributed by atoms with E-state index in [2.05, 4.69) is 38.4 Å². The summed E-state index contributed by atoms with van der Waals surface area (Å²) in [7, 11) is 1.14. The van der Waals surface area contributed by atoms with Gasteiger partial charge in [-0.25, -0.2) is 13.6 Å². The molecule has 4 heterocycles. The summed E-state index contributed by atoms with van der Waals surface area (Å²) < 4.78 is 30.9. The molecule has 0 radical (unpaired) electrons. The Morgan fingerprint density at radius 2 is 1.11 bits per heavy atom. The topological polar surface area (TPSA) is 122 Å². The summed E-state index contributed by atoms with van der Waals surface area (Å²) in [6.07, 6.45) is 3.25. The molecule has 15 heteroatoms. The van der Waals surface area contributed by atoms with Crippen LogP contribution < -0.4 is 0 Å². The average Bonchev–Trinajstić information content (AvgIpc) is 3.89. The number of ketones is 1. The number of carbonyl (C=O) groups excluding carboxylic acids is 4. The zero-order chi connectivity index (χ0) is 44.4. The first kappa shape index (κ1) is 44.5. The lowest BCUT2D eigenvalue weighted by atomic mass is 10.0. The number of methoxy groups -OCH3 is 1. The van der Waals surface area contributed by atoms with E-state index in [1.54, 1.807) is 29.2 Å². The van der Waals surface area contributed by atoms with Crippen molar-refractivity contribution in [3.8, 4) is 0 Å². The number of aromatic nitrogens is 2. The van der Waals surface area contributed by atoms with E-state index in [0.717, 1.165) is 42.2 Å². The second kappa shape index (κ2) is 18.8. The zero-order valence-corrected chi connectivity index (χ0v) is 36.6. The number of amides is 2. The van der Waals surface area contributed by atoms with Crippen LogP contribution in [0.25, 0.3) is 21.8 Å². The van der Waals surface area contributed by atoms with Crippen molar-refractivity contribution in [3.05, 3.63) is 141 Å². The number of Topliss-reactive ketones (excluding diaryl/α,β-unsaturated/α-hetero) is 1. The van der Waals surface area contributed by atoms with Crippen molar-refractivity contribution in [3.63, 3.8) is 0 Å². The number of nitrogens with zero attached hydrogens (tertiary/aromatic N) is 4. The van der Waals surface area contributed by atoms with Crippen molar-refractivity contribution in [2.45, 2.75) is 65.0 Å². The Morgan fingerprint density at radius 3 is 1.61 bits per heavy atom. The first-order valence-electron chi connectivity index (χ1n) is 20.4. The van der Waals surface area contributed by atoms with Gasteiger partial charge in [-0.1, -0.05) is 47.5 Å². The molecule has 2 fully saturated rings. The molecule has 62 heavy (non-hydrogen) atoms. The monoisotopic (exact) mass is 884 g/mol. The SMILES string of the molecule is COC(=O)C(=O)c1c[nH]c2cc(Cl)c(C(=O)N3C[C@H](C)N(Cc4ccc(F)cc4)C[C@H]3C)cc12.C[C@@H]1CN(Cc2ccc(F)cc2)[C@@H](C)CN1C(=O)c1cc2cc[nH]c2cc1Cl. The van der Waals surface area contributed by atoms with E-state index in [4.69, 9.17) is 23.2 Å². The number of carbonyl (C=O) groups is 4. The highest BCUT2D eigenvalue weighted by Gasteiger charge is 2.35. The molecular formula is C47H48Cl2F2N6O5. The van der Waals surface area contributed by atoms with Crippen LogP contribution in [0.5, 0.6) is 0 Å². The van der Waals surface area contributed by atoms with E-state index < -0.39 is 11.8 Å². The largest absolute Gasteiger partial charge is 0.463 e. The second-order valence-corrected chi connectivity index (χ2v) is 17.0. The van der Waals surface area contributed by atoms with Gasteiger partial charge in [0.15, 0.2) is 0 Å². The van der Waals surface area contributed by atoms with Gasteiger partial charge >= 0.3 is 5.97 Å². The Balaban J connectivity index is 0.000000190. The van der Waals surface area contributed by atoms with Crippen LogP contribution in [0, 0.1) is 11.6 Å². The van der Waals surface area contributed by atoms with Gasteiger partial charge in [-0.05, 0) is 93.4 Å². The number of ether oxygens (including phenoxy) is 1. The Labute approximate surface area is 368 Å². The van der Waals surface area contributed by atoms with Gasteiger partial charge in [0.25, 0.3) is 17.6 Å². The number of aromatic amines is 2. The third-order valence-corrected chi connectivity index (χ3v) is 12.5. The van der Waals surface area contributed by atoms with Gasteiger partial charge in [-0.15, -0.1) is 0 Å². The fourth-order valence-corrected chi connectivity index (χ4v) is 8.79. The number of piperazine rings is 2. The Kier molecular flexibility index (Phi) is 13.5. The maximum Gasteiger partial charge on any atom is 0.379 e. The van der Waals surface area contributed by atoms with Crippen molar-refractivity contribution in [2.75, 3.05) is 33.3 Å². The molecule has 0 unspecified atom stereocenters. The molecule has 2 aromatic heterocycles. The first-order chi connectivity index (χ1) is 29.6. The summed E-state index contributed by atoms with van der Waals surface area (Å²) in [5.41, 5.74) is 4.47. The standard InChI is InChI=1S/C25H25ClFN3O4.C22H23ClFN3O/c1-14-12-30(15(2)11-29(14)13-16-4-6-17(27)7-5-16)24(32)19-8-18-20(23(31)25(33)34-3)10-28-22(18)9-21(19)26;1-14-12-27(15(2)11-26(14)13-16-3-5-18(24)6-4-16)22(28)19-9-17-7-8-25-21(17)10-20(19)23/h4-10,14-15,28H,11-13H2,1-3H3;3-10,14-15,25H,11-13H2,1-2H3/t2*14-,15+/m00/s1. The molecule has 0 spiro atoms. The van der Waals surface area contributed by atoms with Crippen LogP contribution in [0.1, 0.15) is 69.9 Å². The summed E-state index contributed by atoms with van der Waals surface area (Å²) in [5, 5.41) is 2.13. The van der Waals surface area contributed by atoms with Crippen LogP contribution in [-0.4, -0.2) is 111 Å². The fraction of sp³-hybridized carbons (Fsp3) is 0.319. The molecule has 2 aliphatic rings. The van der Waals surface area contributed by atoms with Crippen molar-refractivity contribution in [2.24, 2.45) is 0 Å². The molecule has 0 aliphatic carbocycles. The van der Waals surface area contributed by atoms with Crippen LogP contribution >= 0.6 is 23.2 Å². The number of H-pyrrole nitrogens is 2. The van der Waals surface area contributed by atoms with Gasteiger partial charge in [-0.3, -0.25) is 24.2 Å². The molecule has 4 aromatic carbocycles. The fourth-order valence-electron chi connectivity index (χ4n) is 8.30. The maximum atomic E-state index is 13.5. The van der Waals surface area contributed by atoms with E-state index in [1.165, 1.54) is 30.5 Å². The molecule has 0 bridgehead atoms. The molecule has 2 amide bonds. The number of hydrogen-bond acceptors (Lipinski definition) is 7. The molecule has 4 atom stereocenters. The van der Waals surface area contributed by atoms with Gasteiger partial charge in [-0.2, -0.15) is 0 Å². The molecule has 8 rings (SSSR count). The number of hydrogen-bond donors (Lipinski definition) is 2. The summed E-state index contributed by atoms with van der Waals surface area (Å²) >= 11 is 12.8. The van der Waals surface area contributed by atoms with Crippen LogP contribution in [0.15, 0.2) is 91.3 Å². The minimum absolute atomic E-state index is 0.0334. The third-order valence-electron chi connectivity index (χ3n) is 11.8. The third kappa shape index (κ3) is 9.56. The Hall–Kier alpha value is -5.60. The average molecular weight is 886 g/mol. The predicted molar refractivity (Wildman–Crippen MR) is 237 cm³/mol. The van der Waals surface area contributed by atoms with Crippen molar-refractivity contribution in [1.82, 2.24) is 29.6 Å². The lowest BCUT2D eigenvalue weighted by Crippen LogP contribution is -2.57. The molecular weight excluding hydrogens is 837 g/mol. The molecule has 2 N–H and O–H groups in total. The van der Waals surface area contributed by atoms with E-state index in [0.29, 0.717) is 47.7 Å². The molecule has 0 saturated carbocycles. The highest BCUT2D eigenvalue weighted by Crippen LogP contribution is 2.31. The van der Waals surface area contributed by atoms with Gasteiger partial charge in [0, 0.05) is 97.6 Å². The number of rotatable bonds is 8. The lowest BCUT2D eigenvalue weighted by molar-refractivity contribution is -0.135. The van der Waals surface area contributed by atoms with Gasteiger partial charge in [0.2, 0.25) is 0 Å². The van der Waals surface area contributed by atoms with E-state index >= 15 is 0 Å². The van der Waals surface area contributed by atoms with Crippen molar-refractivity contribution >= 4 is 68.6 Å². The number of fused-ring (bicyclic) bond motifs is 2. The summed E-state index contributed by atoms with van der Waals surface area (Å²) in [5.74, 6) is -2.56. The highest BCUT2D eigenvalue weighted by molar-refractivity contribution is 6.43. The normalized spacial score (nSPS) is 19.6. The summed E-state index contributed by atoms with van der Waals surface area (Å²) in [6, 6.07) is 22.0. The Bertz CT molecular complexity index is 2620. The minimum Gasteiger partial charge on any atom is -0.463 e. The minimum atomic E-state index is -0.983. The molecule has 2 saturated heterocycles. The number of esters is 1. The smallest absolute Gasteiger partial charge is 0.379 e. The highest BCUT2D eigenvalue weighted by atomic mass is 35.5. The molecule has 324 valence electrons. The molecule has 6 aromatic rings. The first-order valence-corrected chi connectivity index (χ1v) is 21.2. The van der Waals surface area contributed by atoms with Gasteiger partial charge in [0.1, 0.15) is 11.6 Å². The van der Waals surface area contributed by atoms with Gasteiger partial charge in [0.05, 0.1) is 33.8 Å². The second-order valence-electron chi connectivity index (χ2n) is 16.2.